The van der Waals surface area contributed by atoms with E-state index in [1.165, 1.54) is 0 Å². The summed E-state index contributed by atoms with van der Waals surface area (Å²) in [4.78, 5) is 0. The molecule has 0 saturated heterocycles. The minimum Gasteiger partial charge on any atom is -0.409 e. The van der Waals surface area contributed by atoms with Crippen LogP contribution in [0.25, 0.3) is 0 Å². The van der Waals surface area contributed by atoms with Crippen molar-refractivity contribution < 1.29 is 10.3 Å². The molecule has 0 radical (unpaired) electrons. The number of hydrogen-bond acceptors (Lipinski definition) is 5. The van der Waals surface area contributed by atoms with Crippen molar-refractivity contribution in [1.29, 1.82) is 0 Å². The number of amidine groups is 1. The minimum absolute atomic E-state index is 0.0987. The van der Waals surface area contributed by atoms with Crippen LogP contribution < -0.4 is 11.1 Å². The highest BCUT2D eigenvalue weighted by Gasteiger charge is 2.04. The van der Waals surface area contributed by atoms with Crippen molar-refractivity contribution in [2.75, 3.05) is 24.7 Å². The van der Waals surface area contributed by atoms with Gasteiger partial charge in [0.25, 0.3) is 0 Å². The summed E-state index contributed by atoms with van der Waals surface area (Å²) in [7, 11) is 0. The van der Waals surface area contributed by atoms with Crippen LogP contribution in [-0.2, 0) is 0 Å². The van der Waals surface area contributed by atoms with Crippen molar-refractivity contribution in [2.45, 2.75) is 19.4 Å². The number of oxime groups is 1. The van der Waals surface area contributed by atoms with Crippen LogP contribution in [0.15, 0.2) is 5.16 Å². The lowest BCUT2D eigenvalue weighted by atomic mass is 10.3. The molecule has 84 valence electrons. The van der Waals surface area contributed by atoms with Gasteiger partial charge in [0.2, 0.25) is 0 Å². The molecule has 6 heteroatoms. The summed E-state index contributed by atoms with van der Waals surface area (Å²) < 4.78 is 0. The average Bonchev–Trinajstić information content (AvgIpc) is 2.21. The van der Waals surface area contributed by atoms with Gasteiger partial charge < -0.3 is 21.4 Å². The molecule has 1 atom stereocenters. The molecule has 5 nitrogen and oxygen atoms in total. The van der Waals surface area contributed by atoms with Gasteiger partial charge in [0.05, 0.1) is 6.04 Å². The zero-order valence-electron chi connectivity index (χ0n) is 8.44. The second kappa shape index (κ2) is 9.11. The Morgan fingerprint density at radius 3 is 2.86 bits per heavy atom. The van der Waals surface area contributed by atoms with Crippen molar-refractivity contribution in [3.05, 3.63) is 0 Å². The standard InChI is InChI=1S/C8H19N3O2S/c1-7(8(9)11-13)10-3-6-14-5-2-4-12/h7,10,12-13H,2-6H2,1H3,(H2,9,11). The van der Waals surface area contributed by atoms with Crippen LogP contribution in [0.1, 0.15) is 13.3 Å². The smallest absolute Gasteiger partial charge is 0.156 e. The fourth-order valence-corrected chi connectivity index (χ4v) is 1.61. The van der Waals surface area contributed by atoms with Crippen LogP contribution in [0.2, 0.25) is 0 Å². The molecule has 0 amide bonds. The van der Waals surface area contributed by atoms with E-state index < -0.39 is 0 Å². The van der Waals surface area contributed by atoms with E-state index in [0.29, 0.717) is 0 Å². The fourth-order valence-electron chi connectivity index (χ4n) is 0.807. The number of aliphatic hydroxyl groups excluding tert-OH is 1. The van der Waals surface area contributed by atoms with Gasteiger partial charge in [0.1, 0.15) is 0 Å². The van der Waals surface area contributed by atoms with Gasteiger partial charge in [-0.1, -0.05) is 5.16 Å². The third-order valence-electron chi connectivity index (χ3n) is 1.70. The Kier molecular flexibility index (Phi) is 8.81. The van der Waals surface area contributed by atoms with Gasteiger partial charge in [0, 0.05) is 18.9 Å². The van der Waals surface area contributed by atoms with E-state index in [-0.39, 0.29) is 18.5 Å². The quantitative estimate of drug-likeness (QED) is 0.150. The zero-order chi connectivity index (χ0) is 10.8. The Hall–Kier alpha value is -0.460. The first-order valence-corrected chi connectivity index (χ1v) is 5.77. The highest BCUT2D eigenvalue weighted by Crippen LogP contribution is 2.00. The molecule has 0 saturated carbocycles. The van der Waals surface area contributed by atoms with Gasteiger partial charge in [-0.3, -0.25) is 0 Å². The minimum atomic E-state index is -0.0987. The Morgan fingerprint density at radius 1 is 1.57 bits per heavy atom. The maximum Gasteiger partial charge on any atom is 0.156 e. The molecule has 0 fully saturated rings. The highest BCUT2D eigenvalue weighted by atomic mass is 32.2. The lowest BCUT2D eigenvalue weighted by molar-refractivity contribution is 0.296. The van der Waals surface area contributed by atoms with E-state index in [0.717, 1.165) is 24.5 Å². The Morgan fingerprint density at radius 2 is 2.29 bits per heavy atom. The zero-order valence-corrected chi connectivity index (χ0v) is 9.26. The summed E-state index contributed by atoms with van der Waals surface area (Å²) in [5, 5.41) is 22.9. The number of rotatable bonds is 8. The number of thioether (sulfide) groups is 1. The van der Waals surface area contributed by atoms with Gasteiger partial charge >= 0.3 is 0 Å². The topological polar surface area (TPSA) is 90.9 Å². The van der Waals surface area contributed by atoms with Crippen molar-refractivity contribution in [2.24, 2.45) is 10.9 Å². The molecule has 0 heterocycles. The number of aliphatic hydroxyl groups is 1. The van der Waals surface area contributed by atoms with Crippen molar-refractivity contribution in [1.82, 2.24) is 5.32 Å². The molecular formula is C8H19N3O2S. The Bertz CT molecular complexity index is 167. The summed E-state index contributed by atoms with van der Waals surface area (Å²) in [6.45, 7) is 2.90. The predicted molar refractivity (Wildman–Crippen MR) is 59.9 cm³/mol. The average molecular weight is 221 g/mol. The van der Waals surface area contributed by atoms with Crippen LogP contribution in [-0.4, -0.2) is 46.8 Å². The second-order valence-electron chi connectivity index (χ2n) is 2.89. The van der Waals surface area contributed by atoms with E-state index in [4.69, 9.17) is 16.0 Å². The molecule has 5 N–H and O–H groups in total. The molecule has 0 aliphatic rings. The molecular weight excluding hydrogens is 202 g/mol. The molecule has 0 aromatic heterocycles. The number of hydrogen-bond donors (Lipinski definition) is 4. The monoisotopic (exact) mass is 221 g/mol. The molecule has 0 aliphatic heterocycles. The van der Waals surface area contributed by atoms with Crippen LogP contribution in [0.5, 0.6) is 0 Å². The fraction of sp³-hybridized carbons (Fsp3) is 0.875. The van der Waals surface area contributed by atoms with Gasteiger partial charge in [-0.05, 0) is 19.1 Å². The number of nitrogens with two attached hydrogens (primary N) is 1. The van der Waals surface area contributed by atoms with Crippen LogP contribution in [0.3, 0.4) is 0 Å². The van der Waals surface area contributed by atoms with Crippen molar-refractivity contribution in [3.8, 4) is 0 Å². The maximum atomic E-state index is 8.53. The third kappa shape index (κ3) is 6.99. The first-order valence-electron chi connectivity index (χ1n) is 4.61. The summed E-state index contributed by atoms with van der Waals surface area (Å²) in [6, 6.07) is -0.0987. The first-order chi connectivity index (χ1) is 6.72. The summed E-state index contributed by atoms with van der Waals surface area (Å²) in [5.74, 6) is 2.13. The van der Waals surface area contributed by atoms with Gasteiger partial charge in [-0.2, -0.15) is 11.8 Å². The normalized spacial score (nSPS) is 14.3. The third-order valence-corrected chi connectivity index (χ3v) is 2.77. The highest BCUT2D eigenvalue weighted by molar-refractivity contribution is 7.99. The van der Waals surface area contributed by atoms with E-state index in [1.54, 1.807) is 11.8 Å². The molecule has 0 aromatic carbocycles. The summed E-state index contributed by atoms with van der Waals surface area (Å²) in [5.41, 5.74) is 5.38. The van der Waals surface area contributed by atoms with Crippen LogP contribution in [0, 0.1) is 0 Å². The lowest BCUT2D eigenvalue weighted by Gasteiger charge is -2.11. The Labute approximate surface area is 88.7 Å². The van der Waals surface area contributed by atoms with Crippen LogP contribution >= 0.6 is 11.8 Å². The molecule has 1 unspecified atom stereocenters. The molecule has 0 rings (SSSR count). The molecule has 0 aromatic rings. The van der Waals surface area contributed by atoms with Gasteiger partial charge in [-0.15, -0.1) is 0 Å². The predicted octanol–water partition coefficient (Wildman–Crippen LogP) is -0.173. The molecule has 0 bridgehead atoms. The van der Waals surface area contributed by atoms with E-state index in [2.05, 4.69) is 10.5 Å². The van der Waals surface area contributed by atoms with Gasteiger partial charge in [0.15, 0.2) is 5.84 Å². The SMILES string of the molecule is CC(NCCSCCCO)C(N)=NO. The summed E-state index contributed by atoms with van der Waals surface area (Å²) >= 11 is 1.77. The number of nitrogens with zero attached hydrogens (tertiary/aromatic N) is 1. The molecule has 0 aliphatic carbocycles. The second-order valence-corrected chi connectivity index (χ2v) is 4.11. The first kappa shape index (κ1) is 13.5. The van der Waals surface area contributed by atoms with E-state index >= 15 is 0 Å². The maximum absolute atomic E-state index is 8.53. The number of nitrogens with one attached hydrogen (secondary N) is 1. The van der Waals surface area contributed by atoms with E-state index in [1.807, 2.05) is 6.92 Å². The Balaban J connectivity index is 3.27. The van der Waals surface area contributed by atoms with Gasteiger partial charge in [-0.25, -0.2) is 0 Å². The van der Waals surface area contributed by atoms with Crippen molar-refractivity contribution >= 4 is 17.6 Å². The van der Waals surface area contributed by atoms with Crippen molar-refractivity contribution in [3.63, 3.8) is 0 Å². The van der Waals surface area contributed by atoms with Crippen LogP contribution in [0.4, 0.5) is 0 Å². The lowest BCUT2D eigenvalue weighted by Crippen LogP contribution is -2.40. The summed E-state index contributed by atoms with van der Waals surface area (Å²) in [6.07, 6.45) is 0.834. The molecule has 14 heavy (non-hydrogen) atoms. The molecule has 0 spiro atoms. The van der Waals surface area contributed by atoms with E-state index in [9.17, 15) is 0 Å². The largest absolute Gasteiger partial charge is 0.409 e.